The molecule has 2 aromatic heterocycles. The van der Waals surface area contributed by atoms with Crippen LogP contribution in [0.1, 0.15) is 25.5 Å². The standard InChI is InChI=1S/C23H29ClN5O7P/c1-3-33-37(31,34-4-2)35-11-15-18(30)23(12-32-10-14-8-6-5-7-9-14)17(19(23)36-15)29-13-26-16-20(25)27-22(24)28-21(16)29/h5-9,13,15,17-19,30H,3-4,10-12H2,1-2H3,(H2,25,27,28)/t15-,17?,18?,19+,23?/m1/s1. The van der Waals surface area contributed by atoms with Crippen molar-refractivity contribution in [2.45, 2.75) is 44.8 Å². The molecular weight excluding hydrogens is 525 g/mol. The average Bonchev–Trinajstić information content (AvgIpc) is 3.13. The van der Waals surface area contributed by atoms with Crippen molar-refractivity contribution in [3.63, 3.8) is 0 Å². The zero-order chi connectivity index (χ0) is 26.2. The largest absolute Gasteiger partial charge is 0.474 e. The first-order chi connectivity index (χ1) is 17.8. The lowest BCUT2D eigenvalue weighted by molar-refractivity contribution is -0.0559. The fraction of sp³-hybridized carbons (Fsp3) is 0.522. The van der Waals surface area contributed by atoms with E-state index >= 15 is 0 Å². The molecule has 2 aliphatic rings. The number of anilines is 1. The van der Waals surface area contributed by atoms with Gasteiger partial charge >= 0.3 is 7.82 Å². The number of imidazole rings is 1. The van der Waals surface area contributed by atoms with Gasteiger partial charge in [0.15, 0.2) is 11.5 Å². The molecule has 12 nitrogen and oxygen atoms in total. The van der Waals surface area contributed by atoms with Crippen molar-refractivity contribution >= 4 is 36.4 Å². The Bertz CT molecular complexity index is 1290. The molecule has 3 unspecified atom stereocenters. The molecule has 3 heterocycles. The van der Waals surface area contributed by atoms with Gasteiger partial charge in [-0.05, 0) is 31.0 Å². The number of aromatic nitrogens is 4. The molecule has 3 N–H and O–H groups in total. The summed E-state index contributed by atoms with van der Waals surface area (Å²) in [5.74, 6) is 0.157. The van der Waals surface area contributed by atoms with Crippen LogP contribution in [0.3, 0.4) is 0 Å². The smallest absolute Gasteiger partial charge is 0.389 e. The Morgan fingerprint density at radius 2 is 1.92 bits per heavy atom. The van der Waals surface area contributed by atoms with E-state index in [0.29, 0.717) is 17.8 Å². The van der Waals surface area contributed by atoms with Crippen LogP contribution >= 0.6 is 19.4 Å². The molecule has 1 aliphatic carbocycles. The summed E-state index contributed by atoms with van der Waals surface area (Å²) in [5.41, 5.74) is 6.96. The molecule has 1 saturated carbocycles. The lowest BCUT2D eigenvalue weighted by atomic mass is 9.96. The summed E-state index contributed by atoms with van der Waals surface area (Å²) in [5, 5.41) is 11.5. The summed E-state index contributed by atoms with van der Waals surface area (Å²) >= 11 is 6.06. The second-order valence-electron chi connectivity index (χ2n) is 8.86. The number of phosphoric acid groups is 1. The molecule has 200 valence electrons. The molecular formula is C23H29ClN5O7P. The van der Waals surface area contributed by atoms with E-state index in [4.69, 9.17) is 40.4 Å². The Labute approximate surface area is 218 Å². The van der Waals surface area contributed by atoms with Crippen LogP contribution in [0.5, 0.6) is 0 Å². The van der Waals surface area contributed by atoms with Gasteiger partial charge in [-0.25, -0.2) is 9.55 Å². The highest BCUT2D eigenvalue weighted by molar-refractivity contribution is 7.48. The van der Waals surface area contributed by atoms with Crippen LogP contribution < -0.4 is 5.73 Å². The first-order valence-electron chi connectivity index (χ1n) is 12.0. The fourth-order valence-corrected chi connectivity index (χ4v) is 6.33. The van der Waals surface area contributed by atoms with Gasteiger partial charge in [0.25, 0.3) is 0 Å². The van der Waals surface area contributed by atoms with E-state index in [-0.39, 0.29) is 43.6 Å². The van der Waals surface area contributed by atoms with Crippen molar-refractivity contribution in [2.75, 3.05) is 32.2 Å². The molecule has 0 amide bonds. The van der Waals surface area contributed by atoms with Gasteiger partial charge in [0.05, 0.1) is 63.0 Å². The van der Waals surface area contributed by atoms with Crippen molar-refractivity contribution < 1.29 is 32.7 Å². The average molecular weight is 554 g/mol. The van der Waals surface area contributed by atoms with Crippen LogP contribution in [0, 0.1) is 5.41 Å². The van der Waals surface area contributed by atoms with Crippen LogP contribution in [0.15, 0.2) is 36.7 Å². The second-order valence-corrected chi connectivity index (χ2v) is 10.9. The highest BCUT2D eigenvalue weighted by Crippen LogP contribution is 2.67. The van der Waals surface area contributed by atoms with Crippen molar-refractivity contribution in [3.05, 3.63) is 47.5 Å². The van der Waals surface area contributed by atoms with Crippen LogP contribution in [-0.2, 0) is 34.2 Å². The maximum atomic E-state index is 12.8. The molecule has 0 radical (unpaired) electrons. The highest BCUT2D eigenvalue weighted by atomic mass is 35.5. The monoisotopic (exact) mass is 553 g/mol. The second kappa shape index (κ2) is 10.5. The zero-order valence-corrected chi connectivity index (χ0v) is 22.0. The molecule has 3 aromatic rings. The van der Waals surface area contributed by atoms with Crippen LogP contribution in [0.2, 0.25) is 5.28 Å². The van der Waals surface area contributed by atoms with E-state index in [1.807, 2.05) is 30.3 Å². The van der Waals surface area contributed by atoms with E-state index in [9.17, 15) is 9.67 Å². The molecule has 0 bridgehead atoms. The highest BCUT2D eigenvalue weighted by Gasteiger charge is 2.77. The van der Waals surface area contributed by atoms with Gasteiger partial charge in [0.2, 0.25) is 5.28 Å². The SMILES string of the molecule is CCOP(=O)(OCC)OC[C@H]1O[C@H]2C(n3cnc4c(N)nc(Cl)nc43)C2(COCc2ccccc2)C1O. The molecule has 37 heavy (non-hydrogen) atoms. The summed E-state index contributed by atoms with van der Waals surface area (Å²) in [6.07, 6.45) is -0.692. The first-order valence-corrected chi connectivity index (χ1v) is 13.8. The number of aliphatic hydroxyl groups is 1. The number of aliphatic hydroxyl groups excluding tert-OH is 1. The fourth-order valence-electron chi connectivity index (χ4n) is 4.97. The summed E-state index contributed by atoms with van der Waals surface area (Å²) in [7, 11) is -3.78. The molecule has 1 aliphatic heterocycles. The quantitative estimate of drug-likeness (QED) is 0.251. The maximum absolute atomic E-state index is 12.8. The number of nitrogens with zero attached hydrogens (tertiary/aromatic N) is 4. The van der Waals surface area contributed by atoms with E-state index in [0.717, 1.165) is 5.56 Å². The van der Waals surface area contributed by atoms with Gasteiger partial charge in [0, 0.05) is 0 Å². The minimum atomic E-state index is -3.78. The number of nitrogen functional groups attached to an aromatic ring is 1. The van der Waals surface area contributed by atoms with E-state index < -0.39 is 31.5 Å². The number of benzene rings is 1. The van der Waals surface area contributed by atoms with Gasteiger partial charge in [0.1, 0.15) is 11.6 Å². The number of ether oxygens (including phenoxy) is 2. The van der Waals surface area contributed by atoms with Crippen molar-refractivity contribution in [3.8, 4) is 0 Å². The molecule has 1 aromatic carbocycles. The number of hydrogen-bond donors (Lipinski definition) is 2. The van der Waals surface area contributed by atoms with Gasteiger partial charge in [-0.15, -0.1) is 0 Å². The molecule has 5 atom stereocenters. The number of rotatable bonds is 12. The Balaban J connectivity index is 1.38. The minimum Gasteiger partial charge on any atom is -0.389 e. The topological polar surface area (TPSA) is 153 Å². The van der Waals surface area contributed by atoms with Gasteiger partial charge in [-0.2, -0.15) is 9.97 Å². The minimum absolute atomic E-state index is 0.0118. The van der Waals surface area contributed by atoms with Crippen LogP contribution in [-0.4, -0.2) is 69.4 Å². The Hall–Kier alpha value is -2.15. The van der Waals surface area contributed by atoms with Crippen molar-refractivity contribution in [1.29, 1.82) is 0 Å². The zero-order valence-electron chi connectivity index (χ0n) is 20.4. The molecule has 0 spiro atoms. The van der Waals surface area contributed by atoms with Crippen LogP contribution in [0.4, 0.5) is 5.82 Å². The van der Waals surface area contributed by atoms with E-state index in [1.54, 1.807) is 24.7 Å². The number of nitrogens with two attached hydrogens (primary N) is 1. The maximum Gasteiger partial charge on any atom is 0.474 e. The molecule has 5 rings (SSSR count). The number of phosphoric ester groups is 1. The lowest BCUT2D eigenvalue weighted by Crippen LogP contribution is -2.38. The summed E-state index contributed by atoms with van der Waals surface area (Å²) in [6, 6.07) is 9.35. The van der Waals surface area contributed by atoms with Gasteiger partial charge in [-0.3, -0.25) is 13.6 Å². The normalized spacial score (nSPS) is 27.0. The van der Waals surface area contributed by atoms with Gasteiger partial charge < -0.3 is 24.9 Å². The third kappa shape index (κ3) is 4.88. The van der Waals surface area contributed by atoms with E-state index in [2.05, 4.69) is 15.0 Å². The van der Waals surface area contributed by atoms with Crippen molar-refractivity contribution in [1.82, 2.24) is 19.5 Å². The molecule has 14 heteroatoms. The Morgan fingerprint density at radius 1 is 1.19 bits per heavy atom. The Kier molecular flexibility index (Phi) is 7.54. The number of halogens is 1. The number of fused-ring (bicyclic) bond motifs is 2. The van der Waals surface area contributed by atoms with Crippen molar-refractivity contribution in [2.24, 2.45) is 5.41 Å². The van der Waals surface area contributed by atoms with Gasteiger partial charge in [-0.1, -0.05) is 30.3 Å². The Morgan fingerprint density at radius 3 is 2.62 bits per heavy atom. The third-order valence-corrected chi connectivity index (χ3v) is 8.42. The van der Waals surface area contributed by atoms with Crippen LogP contribution in [0.25, 0.3) is 11.2 Å². The predicted molar refractivity (Wildman–Crippen MR) is 134 cm³/mol. The number of hydrogen-bond acceptors (Lipinski definition) is 11. The van der Waals surface area contributed by atoms with E-state index in [1.165, 1.54) is 0 Å². The molecule has 2 fully saturated rings. The summed E-state index contributed by atoms with van der Waals surface area (Å²) in [4.78, 5) is 12.6. The lowest BCUT2D eigenvalue weighted by Gasteiger charge is -2.27. The summed E-state index contributed by atoms with van der Waals surface area (Å²) in [6.45, 7) is 4.01. The summed E-state index contributed by atoms with van der Waals surface area (Å²) < 4.78 is 42.7. The molecule has 1 saturated heterocycles. The first kappa shape index (κ1) is 26.5. The predicted octanol–water partition coefficient (Wildman–Crippen LogP) is 3.15. The third-order valence-electron chi connectivity index (χ3n) is 6.64.